The molecule has 1 N–H and O–H groups in total. The molecule has 128 valence electrons. The van der Waals surface area contributed by atoms with Gasteiger partial charge in [0.2, 0.25) is 10.0 Å². The molecule has 0 amide bonds. The third-order valence-corrected chi connectivity index (χ3v) is 5.69. The predicted octanol–water partition coefficient (Wildman–Crippen LogP) is 2.83. The van der Waals surface area contributed by atoms with E-state index in [0.29, 0.717) is 6.04 Å². The van der Waals surface area contributed by atoms with Gasteiger partial charge in [0.25, 0.3) is 5.69 Å². The van der Waals surface area contributed by atoms with Gasteiger partial charge in [-0.3, -0.25) is 10.1 Å². The van der Waals surface area contributed by atoms with Gasteiger partial charge in [0.05, 0.1) is 9.82 Å². The van der Waals surface area contributed by atoms with E-state index < -0.39 is 14.9 Å². The maximum Gasteiger partial charge on any atom is 0.270 e. The number of nitro benzene ring substituents is 1. The van der Waals surface area contributed by atoms with E-state index in [1.165, 1.54) is 18.2 Å². The quantitative estimate of drug-likeness (QED) is 0.641. The van der Waals surface area contributed by atoms with Crippen LogP contribution in [-0.4, -0.2) is 17.9 Å². The van der Waals surface area contributed by atoms with Gasteiger partial charge in [-0.1, -0.05) is 6.07 Å². The molecule has 1 aliphatic rings. The molecule has 1 saturated carbocycles. The Hall–Kier alpha value is -2.19. The summed E-state index contributed by atoms with van der Waals surface area (Å²) in [5.74, 6) is 0. The molecular weight excluding hydrogens is 330 g/mol. The Bertz CT molecular complexity index is 898. The SMILES string of the molecule is Cc1cc(CNS(=O)(=O)c2cccc([N+](=O)[O-])c2)c(C)n1C1CC1. The van der Waals surface area contributed by atoms with Crippen molar-refractivity contribution >= 4 is 15.7 Å². The van der Waals surface area contributed by atoms with Gasteiger partial charge in [0.15, 0.2) is 0 Å². The first-order chi connectivity index (χ1) is 11.3. The highest BCUT2D eigenvalue weighted by atomic mass is 32.2. The third kappa shape index (κ3) is 3.20. The van der Waals surface area contributed by atoms with E-state index in [1.54, 1.807) is 0 Å². The molecule has 7 nitrogen and oxygen atoms in total. The molecule has 0 bridgehead atoms. The molecule has 0 spiro atoms. The number of benzene rings is 1. The fourth-order valence-corrected chi connectivity index (χ4v) is 3.99. The summed E-state index contributed by atoms with van der Waals surface area (Å²) in [4.78, 5) is 10.1. The van der Waals surface area contributed by atoms with Gasteiger partial charge in [-0.2, -0.15) is 0 Å². The van der Waals surface area contributed by atoms with Crippen LogP contribution in [0.2, 0.25) is 0 Å². The second-order valence-corrected chi connectivity index (χ2v) is 7.84. The summed E-state index contributed by atoms with van der Waals surface area (Å²) in [5.41, 5.74) is 2.87. The maximum absolute atomic E-state index is 12.4. The standard InChI is InChI=1S/C16H19N3O4S/c1-11-8-13(12(2)18(11)14-6-7-14)10-17-24(22,23)16-5-3-4-15(9-16)19(20)21/h3-5,8-9,14,17H,6-7,10H2,1-2H3. The largest absolute Gasteiger partial charge is 0.346 e. The molecule has 0 unspecified atom stereocenters. The molecule has 0 atom stereocenters. The van der Waals surface area contributed by atoms with Crippen LogP contribution in [0.3, 0.4) is 0 Å². The van der Waals surface area contributed by atoms with E-state index in [4.69, 9.17) is 0 Å². The second kappa shape index (κ2) is 6.03. The molecule has 0 aliphatic heterocycles. The number of nitro groups is 1. The molecule has 1 heterocycles. The highest BCUT2D eigenvalue weighted by Gasteiger charge is 2.27. The van der Waals surface area contributed by atoms with E-state index in [1.807, 2.05) is 19.9 Å². The summed E-state index contributed by atoms with van der Waals surface area (Å²) in [6.07, 6.45) is 2.32. The van der Waals surface area contributed by atoms with E-state index in [0.717, 1.165) is 35.9 Å². The van der Waals surface area contributed by atoms with Crippen molar-refractivity contribution in [3.05, 3.63) is 57.4 Å². The Morgan fingerprint density at radius 3 is 2.62 bits per heavy atom. The van der Waals surface area contributed by atoms with Crippen molar-refractivity contribution in [1.82, 2.24) is 9.29 Å². The highest BCUT2D eigenvalue weighted by Crippen LogP contribution is 2.38. The second-order valence-electron chi connectivity index (χ2n) is 6.08. The molecule has 1 fully saturated rings. The van der Waals surface area contributed by atoms with Crippen LogP contribution < -0.4 is 4.72 Å². The van der Waals surface area contributed by atoms with Crippen LogP contribution in [0, 0.1) is 24.0 Å². The molecule has 0 saturated heterocycles. The Morgan fingerprint density at radius 1 is 1.29 bits per heavy atom. The van der Waals surface area contributed by atoms with Gasteiger partial charge in [0.1, 0.15) is 0 Å². The van der Waals surface area contributed by atoms with Crippen molar-refractivity contribution in [2.75, 3.05) is 0 Å². The average molecular weight is 349 g/mol. The summed E-state index contributed by atoms with van der Waals surface area (Å²) in [5, 5.41) is 10.8. The van der Waals surface area contributed by atoms with Crippen LogP contribution in [0.15, 0.2) is 35.2 Å². The fraction of sp³-hybridized carbons (Fsp3) is 0.375. The molecule has 8 heteroatoms. The number of hydrogen-bond donors (Lipinski definition) is 1. The minimum Gasteiger partial charge on any atom is -0.346 e. The molecule has 1 aromatic carbocycles. The molecule has 3 rings (SSSR count). The monoisotopic (exact) mass is 349 g/mol. The number of non-ortho nitro benzene ring substituents is 1. The lowest BCUT2D eigenvalue weighted by Crippen LogP contribution is -2.23. The Labute approximate surface area is 140 Å². The fourth-order valence-electron chi connectivity index (χ4n) is 2.94. The van der Waals surface area contributed by atoms with E-state index >= 15 is 0 Å². The van der Waals surface area contributed by atoms with Crippen molar-refractivity contribution in [3.63, 3.8) is 0 Å². The van der Waals surface area contributed by atoms with Crippen LogP contribution in [0.25, 0.3) is 0 Å². The van der Waals surface area contributed by atoms with Gasteiger partial charge in [-0.15, -0.1) is 0 Å². The first-order valence-corrected chi connectivity index (χ1v) is 9.19. The third-order valence-electron chi connectivity index (χ3n) is 4.29. The number of aryl methyl sites for hydroxylation is 1. The Kier molecular flexibility index (Phi) is 4.18. The van der Waals surface area contributed by atoms with Gasteiger partial charge in [-0.05, 0) is 44.4 Å². The summed E-state index contributed by atoms with van der Waals surface area (Å²) in [7, 11) is -3.80. The summed E-state index contributed by atoms with van der Waals surface area (Å²) in [6.45, 7) is 4.17. The zero-order valence-corrected chi connectivity index (χ0v) is 14.3. The van der Waals surface area contributed by atoms with Crippen LogP contribution >= 0.6 is 0 Å². The van der Waals surface area contributed by atoms with Crippen LogP contribution in [0.4, 0.5) is 5.69 Å². The van der Waals surface area contributed by atoms with Crippen molar-refractivity contribution in [2.24, 2.45) is 0 Å². The van der Waals surface area contributed by atoms with E-state index in [-0.39, 0.29) is 17.1 Å². The minimum absolute atomic E-state index is 0.104. The van der Waals surface area contributed by atoms with Crippen molar-refractivity contribution < 1.29 is 13.3 Å². The average Bonchev–Trinajstić information content (AvgIpc) is 3.32. The Morgan fingerprint density at radius 2 is 2.00 bits per heavy atom. The number of nitrogens with zero attached hydrogens (tertiary/aromatic N) is 2. The molecule has 1 aliphatic carbocycles. The van der Waals surface area contributed by atoms with Gasteiger partial charge < -0.3 is 4.57 Å². The van der Waals surface area contributed by atoms with Crippen LogP contribution in [0.5, 0.6) is 0 Å². The van der Waals surface area contributed by atoms with E-state index in [2.05, 4.69) is 9.29 Å². The zero-order chi connectivity index (χ0) is 17.5. The first kappa shape index (κ1) is 16.7. The number of sulfonamides is 1. The van der Waals surface area contributed by atoms with Crippen LogP contribution in [0.1, 0.15) is 35.8 Å². The lowest BCUT2D eigenvalue weighted by Gasteiger charge is -2.09. The summed E-state index contributed by atoms with van der Waals surface area (Å²) < 4.78 is 29.6. The van der Waals surface area contributed by atoms with Gasteiger partial charge in [-0.25, -0.2) is 13.1 Å². The number of aromatic nitrogens is 1. The molecule has 24 heavy (non-hydrogen) atoms. The van der Waals surface area contributed by atoms with E-state index in [9.17, 15) is 18.5 Å². The number of nitrogens with one attached hydrogen (secondary N) is 1. The van der Waals surface area contributed by atoms with Gasteiger partial charge in [0, 0.05) is 36.1 Å². The van der Waals surface area contributed by atoms with Gasteiger partial charge >= 0.3 is 0 Å². The minimum atomic E-state index is -3.80. The zero-order valence-electron chi connectivity index (χ0n) is 13.5. The topological polar surface area (TPSA) is 94.2 Å². The maximum atomic E-state index is 12.4. The van der Waals surface area contributed by atoms with Crippen molar-refractivity contribution in [3.8, 4) is 0 Å². The first-order valence-electron chi connectivity index (χ1n) is 7.71. The summed E-state index contributed by atoms with van der Waals surface area (Å²) in [6, 6.07) is 7.57. The highest BCUT2D eigenvalue weighted by molar-refractivity contribution is 7.89. The van der Waals surface area contributed by atoms with Crippen LogP contribution in [-0.2, 0) is 16.6 Å². The normalized spacial score (nSPS) is 14.8. The lowest BCUT2D eigenvalue weighted by molar-refractivity contribution is -0.385. The molecule has 0 radical (unpaired) electrons. The van der Waals surface area contributed by atoms with Crippen molar-refractivity contribution in [1.29, 1.82) is 0 Å². The summed E-state index contributed by atoms with van der Waals surface area (Å²) >= 11 is 0. The predicted molar refractivity (Wildman–Crippen MR) is 89.3 cm³/mol. The number of hydrogen-bond acceptors (Lipinski definition) is 4. The Balaban J connectivity index is 1.80. The molecule has 2 aromatic rings. The number of rotatable bonds is 6. The lowest BCUT2D eigenvalue weighted by atomic mass is 10.2. The molecule has 1 aromatic heterocycles. The molecular formula is C16H19N3O4S. The smallest absolute Gasteiger partial charge is 0.270 e. The van der Waals surface area contributed by atoms with Crippen molar-refractivity contribution in [2.45, 2.75) is 44.2 Å².